The van der Waals surface area contributed by atoms with Crippen LogP contribution in [-0.4, -0.2) is 33.3 Å². The van der Waals surface area contributed by atoms with E-state index in [0.717, 1.165) is 38.3 Å². The molecule has 0 aromatic heterocycles. The van der Waals surface area contributed by atoms with Gasteiger partial charge in [0, 0.05) is 26.2 Å². The second-order valence-electron chi connectivity index (χ2n) is 5.19. The fraction of sp³-hybridized carbons (Fsp3) is 0.571. The predicted octanol–water partition coefficient (Wildman–Crippen LogP) is 1.44. The van der Waals surface area contributed by atoms with E-state index >= 15 is 0 Å². The fourth-order valence-electron chi connectivity index (χ4n) is 2.42. The van der Waals surface area contributed by atoms with Crippen LogP contribution in [0.4, 0.5) is 0 Å². The number of hydrogen-bond acceptors (Lipinski definition) is 3. The number of benzene rings is 1. The summed E-state index contributed by atoms with van der Waals surface area (Å²) in [5.74, 6) is 0.945. The Bertz CT molecular complexity index is 357. The van der Waals surface area contributed by atoms with Crippen molar-refractivity contribution in [2.24, 2.45) is 5.41 Å². The van der Waals surface area contributed by atoms with Crippen LogP contribution in [0.15, 0.2) is 24.3 Å². The van der Waals surface area contributed by atoms with Crippen LogP contribution in [0.5, 0.6) is 5.75 Å². The van der Waals surface area contributed by atoms with Crippen LogP contribution < -0.4 is 15.4 Å². The Morgan fingerprint density at radius 2 is 1.94 bits per heavy atom. The molecule has 0 aliphatic carbocycles. The molecule has 3 nitrogen and oxygen atoms in total. The van der Waals surface area contributed by atoms with Gasteiger partial charge in [-0.25, -0.2) is 0 Å². The van der Waals surface area contributed by atoms with Crippen molar-refractivity contribution < 1.29 is 4.74 Å². The largest absolute Gasteiger partial charge is 0.497 e. The molecule has 1 saturated heterocycles. The van der Waals surface area contributed by atoms with E-state index in [2.05, 4.69) is 35.8 Å². The van der Waals surface area contributed by atoms with Gasteiger partial charge in [0.1, 0.15) is 5.75 Å². The van der Waals surface area contributed by atoms with Gasteiger partial charge >= 0.3 is 0 Å². The van der Waals surface area contributed by atoms with Gasteiger partial charge < -0.3 is 15.4 Å². The van der Waals surface area contributed by atoms with Crippen LogP contribution >= 0.6 is 0 Å². The van der Waals surface area contributed by atoms with Crippen molar-refractivity contribution in [1.29, 1.82) is 0 Å². The van der Waals surface area contributed by atoms with Crippen LogP contribution in [0.25, 0.3) is 0 Å². The number of nitrogens with one attached hydrogen (secondary N) is 2. The Morgan fingerprint density at radius 3 is 2.59 bits per heavy atom. The molecule has 2 N–H and O–H groups in total. The molecule has 1 aliphatic heterocycles. The summed E-state index contributed by atoms with van der Waals surface area (Å²) in [6, 6.07) is 8.37. The zero-order chi connectivity index (χ0) is 12.1. The van der Waals surface area contributed by atoms with Gasteiger partial charge in [-0.15, -0.1) is 0 Å². The van der Waals surface area contributed by atoms with E-state index in [0.29, 0.717) is 0 Å². The predicted molar refractivity (Wildman–Crippen MR) is 70.5 cm³/mol. The number of hydrogen-bond donors (Lipinski definition) is 2. The third-order valence-electron chi connectivity index (χ3n) is 3.35. The van der Waals surface area contributed by atoms with Crippen molar-refractivity contribution in [2.75, 3.05) is 33.3 Å². The Kier molecular flexibility index (Phi) is 4.02. The van der Waals surface area contributed by atoms with Crippen LogP contribution in [0.3, 0.4) is 0 Å². The molecule has 1 aromatic rings. The lowest BCUT2D eigenvalue weighted by molar-refractivity contribution is 0.314. The highest BCUT2D eigenvalue weighted by Gasteiger charge is 2.25. The molecular formula is C14H22N2O. The van der Waals surface area contributed by atoms with Crippen LogP contribution in [0.2, 0.25) is 0 Å². The van der Waals surface area contributed by atoms with E-state index in [1.807, 2.05) is 6.07 Å². The average molecular weight is 234 g/mol. The fourth-order valence-corrected chi connectivity index (χ4v) is 2.42. The summed E-state index contributed by atoms with van der Waals surface area (Å²) in [6.45, 7) is 6.59. The standard InChI is InChI=1S/C14H22N2O/c1-14(10-15-6-7-16-11-14)9-12-4-3-5-13(8-12)17-2/h3-5,8,15-16H,6-7,9-11H2,1-2H3. The zero-order valence-corrected chi connectivity index (χ0v) is 10.8. The molecule has 1 fully saturated rings. The maximum atomic E-state index is 5.27. The average Bonchev–Trinajstić information content (AvgIpc) is 2.54. The molecule has 0 unspecified atom stereocenters. The maximum Gasteiger partial charge on any atom is 0.119 e. The van der Waals surface area contributed by atoms with Gasteiger partial charge in [0.2, 0.25) is 0 Å². The highest BCUT2D eigenvalue weighted by Crippen LogP contribution is 2.24. The van der Waals surface area contributed by atoms with E-state index in [1.165, 1.54) is 5.56 Å². The molecule has 2 rings (SSSR count). The van der Waals surface area contributed by atoms with E-state index in [9.17, 15) is 0 Å². The highest BCUT2D eigenvalue weighted by atomic mass is 16.5. The van der Waals surface area contributed by atoms with Crippen LogP contribution in [0.1, 0.15) is 12.5 Å². The molecule has 1 heterocycles. The van der Waals surface area contributed by atoms with Gasteiger partial charge in [0.05, 0.1) is 7.11 Å². The summed E-state index contributed by atoms with van der Waals surface area (Å²) in [5.41, 5.74) is 1.63. The SMILES string of the molecule is COc1cccc(CC2(C)CNCCNC2)c1. The van der Waals surface area contributed by atoms with E-state index in [1.54, 1.807) is 7.11 Å². The molecule has 0 atom stereocenters. The second-order valence-corrected chi connectivity index (χ2v) is 5.19. The van der Waals surface area contributed by atoms with Crippen molar-refractivity contribution in [3.63, 3.8) is 0 Å². The molecule has 3 heteroatoms. The van der Waals surface area contributed by atoms with Crippen molar-refractivity contribution in [1.82, 2.24) is 10.6 Å². The van der Waals surface area contributed by atoms with Gasteiger partial charge in [-0.2, -0.15) is 0 Å². The Hall–Kier alpha value is -1.06. The lowest BCUT2D eigenvalue weighted by atomic mass is 9.83. The summed E-state index contributed by atoms with van der Waals surface area (Å²) >= 11 is 0. The van der Waals surface area contributed by atoms with Crippen LogP contribution in [-0.2, 0) is 6.42 Å². The monoisotopic (exact) mass is 234 g/mol. The number of ether oxygens (including phenoxy) is 1. The second kappa shape index (κ2) is 5.52. The lowest BCUT2D eigenvalue weighted by Gasteiger charge is -2.28. The third kappa shape index (κ3) is 3.45. The molecule has 0 spiro atoms. The smallest absolute Gasteiger partial charge is 0.119 e. The van der Waals surface area contributed by atoms with Gasteiger partial charge in [-0.05, 0) is 29.5 Å². The van der Waals surface area contributed by atoms with Gasteiger partial charge in [-0.1, -0.05) is 19.1 Å². The number of methoxy groups -OCH3 is 1. The first-order valence-electron chi connectivity index (χ1n) is 6.26. The Labute approximate surface area is 104 Å². The molecule has 1 aromatic carbocycles. The summed E-state index contributed by atoms with van der Waals surface area (Å²) in [7, 11) is 1.72. The molecule has 1 aliphatic rings. The first-order chi connectivity index (χ1) is 8.22. The quantitative estimate of drug-likeness (QED) is 0.830. The highest BCUT2D eigenvalue weighted by molar-refractivity contribution is 5.29. The molecule has 0 amide bonds. The summed E-state index contributed by atoms with van der Waals surface area (Å²) in [5, 5.41) is 6.99. The first kappa shape index (κ1) is 12.4. The van der Waals surface area contributed by atoms with Gasteiger partial charge in [0.25, 0.3) is 0 Å². The molecule has 17 heavy (non-hydrogen) atoms. The molecule has 94 valence electrons. The first-order valence-corrected chi connectivity index (χ1v) is 6.26. The van der Waals surface area contributed by atoms with Gasteiger partial charge in [-0.3, -0.25) is 0 Å². The molecule has 0 bridgehead atoms. The topological polar surface area (TPSA) is 33.3 Å². The van der Waals surface area contributed by atoms with Crippen molar-refractivity contribution >= 4 is 0 Å². The molecule has 0 saturated carbocycles. The van der Waals surface area contributed by atoms with Crippen LogP contribution in [0, 0.1) is 5.41 Å². The lowest BCUT2D eigenvalue weighted by Crippen LogP contribution is -2.37. The van der Waals surface area contributed by atoms with Crippen molar-refractivity contribution in [2.45, 2.75) is 13.3 Å². The van der Waals surface area contributed by atoms with Crippen molar-refractivity contribution in [3.8, 4) is 5.75 Å². The molecule has 0 radical (unpaired) electrons. The van der Waals surface area contributed by atoms with E-state index in [4.69, 9.17) is 4.74 Å². The normalized spacial score (nSPS) is 19.6. The van der Waals surface area contributed by atoms with E-state index in [-0.39, 0.29) is 5.41 Å². The Morgan fingerprint density at radius 1 is 1.24 bits per heavy atom. The van der Waals surface area contributed by atoms with E-state index < -0.39 is 0 Å². The third-order valence-corrected chi connectivity index (χ3v) is 3.35. The van der Waals surface area contributed by atoms with Gasteiger partial charge in [0.15, 0.2) is 0 Å². The summed E-state index contributed by atoms with van der Waals surface area (Å²) in [6.07, 6.45) is 1.07. The minimum atomic E-state index is 0.281. The molecular weight excluding hydrogens is 212 g/mol. The number of rotatable bonds is 3. The summed E-state index contributed by atoms with van der Waals surface area (Å²) < 4.78 is 5.27. The maximum absolute atomic E-state index is 5.27. The summed E-state index contributed by atoms with van der Waals surface area (Å²) in [4.78, 5) is 0. The Balaban J connectivity index is 2.07. The minimum Gasteiger partial charge on any atom is -0.497 e. The zero-order valence-electron chi connectivity index (χ0n) is 10.8. The van der Waals surface area contributed by atoms with Crippen molar-refractivity contribution in [3.05, 3.63) is 29.8 Å². The minimum absolute atomic E-state index is 0.281.